The van der Waals surface area contributed by atoms with Crippen molar-refractivity contribution in [1.82, 2.24) is 4.31 Å². The van der Waals surface area contributed by atoms with Crippen LogP contribution in [0.5, 0.6) is 5.75 Å². The van der Waals surface area contributed by atoms with Gasteiger partial charge in [0.15, 0.2) is 0 Å². The molecule has 6 nitrogen and oxygen atoms in total. The van der Waals surface area contributed by atoms with Gasteiger partial charge in [-0.15, -0.1) is 13.2 Å². The maximum Gasteiger partial charge on any atom is 0.573 e. The van der Waals surface area contributed by atoms with Crippen molar-refractivity contribution in [2.75, 3.05) is 11.9 Å². The first kappa shape index (κ1) is 22.1. The van der Waals surface area contributed by atoms with Crippen LogP contribution in [0.4, 0.5) is 18.9 Å². The second kappa shape index (κ2) is 8.65. The minimum absolute atomic E-state index is 0.0258. The van der Waals surface area contributed by atoms with Gasteiger partial charge in [-0.3, -0.25) is 4.79 Å². The Labute approximate surface area is 172 Å². The second-order valence-electron chi connectivity index (χ2n) is 7.01. The van der Waals surface area contributed by atoms with Crippen LogP contribution < -0.4 is 10.1 Å². The highest BCUT2D eigenvalue weighted by atomic mass is 32.2. The second-order valence-corrected chi connectivity index (χ2v) is 8.91. The van der Waals surface area contributed by atoms with Crippen LogP contribution >= 0.6 is 0 Å². The average molecular weight is 442 g/mol. The number of piperidine rings is 1. The van der Waals surface area contributed by atoms with Crippen LogP contribution in [-0.4, -0.2) is 37.6 Å². The van der Waals surface area contributed by atoms with Crippen molar-refractivity contribution in [3.63, 3.8) is 0 Å². The van der Waals surface area contributed by atoms with Gasteiger partial charge < -0.3 is 10.1 Å². The first-order valence-electron chi connectivity index (χ1n) is 9.35. The van der Waals surface area contributed by atoms with Crippen molar-refractivity contribution >= 4 is 21.6 Å². The van der Waals surface area contributed by atoms with Crippen molar-refractivity contribution in [2.24, 2.45) is 0 Å². The van der Waals surface area contributed by atoms with E-state index in [9.17, 15) is 26.4 Å². The molecule has 0 spiro atoms. The molecular weight excluding hydrogens is 421 g/mol. The Morgan fingerprint density at radius 1 is 1.13 bits per heavy atom. The standard InChI is InChI=1S/C20H21F3N2O4S/c1-14-5-2-3-12-25(14)30(27,28)18-7-4-6-15(13-18)19(26)24-16-8-10-17(11-9-16)29-20(21,22)23/h4,6-11,13-14H,2-3,5,12H2,1H3,(H,24,26). The number of rotatable bonds is 5. The molecule has 1 heterocycles. The Morgan fingerprint density at radius 3 is 2.47 bits per heavy atom. The Bertz CT molecular complexity index is 1010. The number of anilines is 1. The maximum atomic E-state index is 13.0. The van der Waals surface area contributed by atoms with Gasteiger partial charge in [-0.05, 0) is 62.2 Å². The van der Waals surface area contributed by atoms with Gasteiger partial charge in [-0.1, -0.05) is 12.5 Å². The molecular formula is C20H21F3N2O4S. The SMILES string of the molecule is CC1CCCCN1S(=O)(=O)c1cccc(C(=O)Nc2ccc(OC(F)(F)F)cc2)c1. The number of alkyl halides is 3. The largest absolute Gasteiger partial charge is 0.573 e. The smallest absolute Gasteiger partial charge is 0.406 e. The molecule has 0 aromatic heterocycles. The summed E-state index contributed by atoms with van der Waals surface area (Å²) in [5.41, 5.74) is 0.365. The molecule has 162 valence electrons. The van der Waals surface area contributed by atoms with Gasteiger partial charge in [0.1, 0.15) is 5.75 Å². The molecule has 0 radical (unpaired) electrons. The van der Waals surface area contributed by atoms with Crippen molar-refractivity contribution in [1.29, 1.82) is 0 Å². The van der Waals surface area contributed by atoms with E-state index in [2.05, 4.69) is 10.1 Å². The number of nitrogens with one attached hydrogen (secondary N) is 1. The minimum Gasteiger partial charge on any atom is -0.406 e. The Balaban J connectivity index is 1.75. The highest BCUT2D eigenvalue weighted by Gasteiger charge is 2.32. The monoisotopic (exact) mass is 442 g/mol. The van der Waals surface area contributed by atoms with Crippen LogP contribution in [0.3, 0.4) is 0 Å². The van der Waals surface area contributed by atoms with Gasteiger partial charge in [-0.2, -0.15) is 4.31 Å². The summed E-state index contributed by atoms with van der Waals surface area (Å²) in [6.07, 6.45) is -2.25. The van der Waals surface area contributed by atoms with Crippen molar-refractivity contribution < 1.29 is 31.1 Å². The number of halogens is 3. The third-order valence-electron chi connectivity index (χ3n) is 4.79. The molecule has 0 aliphatic carbocycles. The molecule has 1 amide bonds. The number of ether oxygens (including phenoxy) is 1. The molecule has 1 aliphatic rings. The summed E-state index contributed by atoms with van der Waals surface area (Å²) in [5, 5.41) is 2.53. The molecule has 1 saturated heterocycles. The van der Waals surface area contributed by atoms with Crippen LogP contribution in [0.2, 0.25) is 0 Å². The normalized spacial score (nSPS) is 18.1. The number of sulfonamides is 1. The number of hydrogen-bond donors (Lipinski definition) is 1. The van der Waals surface area contributed by atoms with Gasteiger partial charge in [0.25, 0.3) is 5.91 Å². The topological polar surface area (TPSA) is 75.7 Å². The van der Waals surface area contributed by atoms with Crippen LogP contribution in [0.1, 0.15) is 36.5 Å². The van der Waals surface area contributed by atoms with Gasteiger partial charge in [0.2, 0.25) is 10.0 Å². The molecule has 1 atom stereocenters. The van der Waals surface area contributed by atoms with Gasteiger partial charge in [0.05, 0.1) is 4.90 Å². The Kier molecular flexibility index (Phi) is 6.37. The summed E-state index contributed by atoms with van der Waals surface area (Å²) >= 11 is 0. The molecule has 1 N–H and O–H groups in total. The predicted molar refractivity (Wildman–Crippen MR) is 105 cm³/mol. The summed E-state index contributed by atoms with van der Waals surface area (Å²) in [6.45, 7) is 2.30. The van der Waals surface area contributed by atoms with E-state index in [-0.39, 0.29) is 22.2 Å². The first-order chi connectivity index (χ1) is 14.1. The van der Waals surface area contributed by atoms with Gasteiger partial charge in [0, 0.05) is 23.8 Å². The van der Waals surface area contributed by atoms with E-state index in [1.165, 1.54) is 40.7 Å². The van der Waals surface area contributed by atoms with E-state index in [0.29, 0.717) is 6.54 Å². The number of nitrogens with zero attached hydrogens (tertiary/aromatic N) is 1. The third kappa shape index (κ3) is 5.31. The molecule has 1 unspecified atom stereocenters. The zero-order chi connectivity index (χ0) is 21.9. The number of carbonyl (C=O) groups is 1. The van der Waals surface area contributed by atoms with Crippen LogP contribution in [0, 0.1) is 0 Å². The molecule has 10 heteroatoms. The molecule has 2 aromatic carbocycles. The van der Waals surface area contributed by atoms with Crippen LogP contribution in [0.15, 0.2) is 53.4 Å². The maximum absolute atomic E-state index is 13.0. The number of amides is 1. The zero-order valence-corrected chi connectivity index (χ0v) is 17.0. The fourth-order valence-electron chi connectivity index (χ4n) is 3.31. The minimum atomic E-state index is -4.80. The summed E-state index contributed by atoms with van der Waals surface area (Å²) in [5.74, 6) is -0.993. The lowest BCUT2D eigenvalue weighted by Crippen LogP contribution is -2.41. The highest BCUT2D eigenvalue weighted by Crippen LogP contribution is 2.26. The van der Waals surface area contributed by atoms with E-state index in [4.69, 9.17) is 0 Å². The first-order valence-corrected chi connectivity index (χ1v) is 10.8. The Morgan fingerprint density at radius 2 is 1.83 bits per heavy atom. The van der Waals surface area contributed by atoms with Gasteiger partial charge in [-0.25, -0.2) is 8.42 Å². The molecule has 30 heavy (non-hydrogen) atoms. The third-order valence-corrected chi connectivity index (χ3v) is 6.80. The number of benzene rings is 2. The van der Waals surface area contributed by atoms with E-state index in [0.717, 1.165) is 31.4 Å². The van der Waals surface area contributed by atoms with E-state index in [1.54, 1.807) is 0 Å². The zero-order valence-electron chi connectivity index (χ0n) is 16.1. The quantitative estimate of drug-likeness (QED) is 0.745. The number of carbonyl (C=O) groups excluding carboxylic acids is 1. The van der Waals surface area contributed by atoms with Crippen molar-refractivity contribution in [3.8, 4) is 5.75 Å². The number of hydrogen-bond acceptors (Lipinski definition) is 4. The molecule has 0 saturated carbocycles. The van der Waals surface area contributed by atoms with Crippen LogP contribution in [-0.2, 0) is 10.0 Å². The Hall–Kier alpha value is -2.59. The molecule has 0 bridgehead atoms. The van der Waals surface area contributed by atoms with E-state index in [1.807, 2.05) is 6.92 Å². The molecule has 2 aromatic rings. The predicted octanol–water partition coefficient (Wildman–Crippen LogP) is 4.40. The van der Waals surface area contributed by atoms with Crippen molar-refractivity contribution in [3.05, 3.63) is 54.1 Å². The molecule has 1 aliphatic heterocycles. The van der Waals surface area contributed by atoms with Gasteiger partial charge >= 0.3 is 6.36 Å². The van der Waals surface area contributed by atoms with E-state index >= 15 is 0 Å². The highest BCUT2D eigenvalue weighted by molar-refractivity contribution is 7.89. The average Bonchev–Trinajstić information content (AvgIpc) is 2.68. The molecule has 3 rings (SSSR count). The van der Waals surface area contributed by atoms with Crippen LogP contribution in [0.25, 0.3) is 0 Å². The summed E-state index contributed by atoms with van der Waals surface area (Å²) in [6, 6.07) is 10.2. The van der Waals surface area contributed by atoms with E-state index < -0.39 is 28.0 Å². The summed E-state index contributed by atoms with van der Waals surface area (Å²) in [7, 11) is -3.73. The summed E-state index contributed by atoms with van der Waals surface area (Å²) < 4.78 is 67.8. The lowest BCUT2D eigenvalue weighted by Gasteiger charge is -2.32. The lowest BCUT2D eigenvalue weighted by molar-refractivity contribution is -0.274. The molecule has 1 fully saturated rings. The van der Waals surface area contributed by atoms with Crippen molar-refractivity contribution in [2.45, 2.75) is 43.5 Å². The lowest BCUT2D eigenvalue weighted by atomic mass is 10.1. The summed E-state index contributed by atoms with van der Waals surface area (Å²) in [4.78, 5) is 12.5. The fraction of sp³-hybridized carbons (Fsp3) is 0.350. The fourth-order valence-corrected chi connectivity index (χ4v) is 5.05.